The topological polar surface area (TPSA) is 67.5 Å². The fourth-order valence-corrected chi connectivity index (χ4v) is 0.169. The van der Waals surface area contributed by atoms with Gasteiger partial charge in [-0.2, -0.15) is 11.4 Å². The normalized spacial score (nSPS) is 14.1. The van der Waals surface area contributed by atoms with E-state index < -0.39 is 6.10 Å². The zero-order chi connectivity index (χ0) is 5.70. The van der Waals surface area contributed by atoms with Crippen molar-refractivity contribution >= 4 is 0 Å². The van der Waals surface area contributed by atoms with Gasteiger partial charge in [-0.15, -0.1) is 0 Å². The third-order valence-electron chi connectivity index (χ3n) is 0.462. The van der Waals surface area contributed by atoms with Gasteiger partial charge in [0.15, 0.2) is 0 Å². The molecule has 0 aromatic heterocycles. The molecular formula is C3H10N2O2. The van der Waals surface area contributed by atoms with E-state index in [4.69, 9.17) is 5.11 Å². The number of nitrogens with one attached hydrogen (secondary N) is 1. The highest BCUT2D eigenvalue weighted by Gasteiger charge is 1.89. The lowest BCUT2D eigenvalue weighted by Crippen LogP contribution is -2.27. The molecule has 7 heavy (non-hydrogen) atoms. The standard InChI is InChI=1S/C3H10N2O2/c1-3(6)2-5-7-4/h3,5-6H,2,4H2,1H3. The van der Waals surface area contributed by atoms with Gasteiger partial charge in [0.1, 0.15) is 0 Å². The average molecular weight is 106 g/mol. The van der Waals surface area contributed by atoms with Gasteiger partial charge in [-0.05, 0) is 6.92 Å². The van der Waals surface area contributed by atoms with Crippen LogP contribution in [0.5, 0.6) is 0 Å². The molecule has 1 atom stereocenters. The summed E-state index contributed by atoms with van der Waals surface area (Å²) in [6.07, 6.45) is -0.413. The van der Waals surface area contributed by atoms with Gasteiger partial charge in [0.25, 0.3) is 0 Å². The lowest BCUT2D eigenvalue weighted by atomic mass is 10.4. The van der Waals surface area contributed by atoms with Gasteiger partial charge in [0.05, 0.1) is 6.10 Å². The molecule has 0 radical (unpaired) electrons. The highest BCUT2D eigenvalue weighted by molar-refractivity contribution is 4.42. The summed E-state index contributed by atoms with van der Waals surface area (Å²) in [6.45, 7) is 1.99. The first kappa shape index (κ1) is 6.84. The molecule has 4 nitrogen and oxygen atoms in total. The van der Waals surface area contributed by atoms with Gasteiger partial charge >= 0.3 is 0 Å². The first-order valence-electron chi connectivity index (χ1n) is 2.04. The maximum Gasteiger partial charge on any atom is 0.0660 e. The first-order valence-corrected chi connectivity index (χ1v) is 2.04. The molecule has 0 aromatic rings. The van der Waals surface area contributed by atoms with Gasteiger partial charge in [-0.1, -0.05) is 0 Å². The van der Waals surface area contributed by atoms with Gasteiger partial charge in [-0.25, -0.2) is 4.94 Å². The van der Waals surface area contributed by atoms with E-state index in [0.29, 0.717) is 6.54 Å². The summed E-state index contributed by atoms with van der Waals surface area (Å²) in [6, 6.07) is 0. The molecule has 4 N–H and O–H groups in total. The van der Waals surface area contributed by atoms with E-state index in [-0.39, 0.29) is 0 Å². The third kappa shape index (κ3) is 5.84. The molecule has 4 heteroatoms. The van der Waals surface area contributed by atoms with Crippen LogP contribution >= 0.6 is 0 Å². The summed E-state index contributed by atoms with van der Waals surface area (Å²) in [4.78, 5) is 3.94. The number of aliphatic hydroxyl groups excluding tert-OH is 1. The molecule has 0 saturated heterocycles. The minimum Gasteiger partial charge on any atom is -0.392 e. The van der Waals surface area contributed by atoms with Crippen molar-refractivity contribution in [2.24, 2.45) is 5.90 Å². The third-order valence-corrected chi connectivity index (χ3v) is 0.462. The highest BCUT2D eigenvalue weighted by Crippen LogP contribution is 1.70. The second-order valence-electron chi connectivity index (χ2n) is 1.32. The predicted octanol–water partition coefficient (Wildman–Crippen LogP) is -1.24. The molecule has 0 amide bonds. The fraction of sp³-hybridized carbons (Fsp3) is 1.00. The Kier molecular flexibility index (Phi) is 3.92. The van der Waals surface area contributed by atoms with Crippen molar-refractivity contribution in [3.05, 3.63) is 0 Å². The summed E-state index contributed by atoms with van der Waals surface area (Å²) in [5.74, 6) is 4.55. The fourth-order valence-electron chi connectivity index (χ4n) is 0.169. The SMILES string of the molecule is CC(O)CNON. The second-order valence-corrected chi connectivity index (χ2v) is 1.32. The number of hydrogen-bond donors (Lipinski definition) is 3. The Morgan fingerprint density at radius 1 is 2.00 bits per heavy atom. The molecule has 0 aliphatic carbocycles. The maximum absolute atomic E-state index is 8.49. The maximum atomic E-state index is 8.49. The molecule has 0 heterocycles. The molecule has 0 spiro atoms. The van der Waals surface area contributed by atoms with Crippen LogP contribution in [-0.2, 0) is 4.94 Å². The molecule has 0 bridgehead atoms. The Hall–Kier alpha value is -0.160. The van der Waals surface area contributed by atoms with Crippen LogP contribution < -0.4 is 11.4 Å². The molecule has 0 saturated carbocycles. The number of nitrogens with two attached hydrogens (primary N) is 1. The van der Waals surface area contributed by atoms with Crippen molar-refractivity contribution in [1.29, 1.82) is 0 Å². The van der Waals surface area contributed by atoms with Crippen LogP contribution in [0.2, 0.25) is 0 Å². The van der Waals surface area contributed by atoms with Crippen molar-refractivity contribution in [2.75, 3.05) is 6.54 Å². The lowest BCUT2D eigenvalue weighted by molar-refractivity contribution is 0.0168. The quantitative estimate of drug-likeness (QED) is 0.394. The summed E-state index contributed by atoms with van der Waals surface area (Å²) < 4.78 is 0. The smallest absolute Gasteiger partial charge is 0.0660 e. The van der Waals surface area contributed by atoms with Crippen LogP contribution in [0.3, 0.4) is 0 Å². The summed E-state index contributed by atoms with van der Waals surface area (Å²) in [5, 5.41) is 8.49. The van der Waals surface area contributed by atoms with Gasteiger partial charge in [0.2, 0.25) is 0 Å². The monoisotopic (exact) mass is 106 g/mol. The largest absolute Gasteiger partial charge is 0.392 e. The van der Waals surface area contributed by atoms with Crippen molar-refractivity contribution < 1.29 is 10.0 Å². The van der Waals surface area contributed by atoms with E-state index >= 15 is 0 Å². The van der Waals surface area contributed by atoms with E-state index in [0.717, 1.165) is 0 Å². The van der Waals surface area contributed by atoms with E-state index in [2.05, 4.69) is 16.3 Å². The van der Waals surface area contributed by atoms with E-state index in [1.165, 1.54) is 0 Å². The van der Waals surface area contributed by atoms with E-state index in [1.807, 2.05) is 0 Å². The first-order chi connectivity index (χ1) is 3.27. The number of hydrogen-bond acceptors (Lipinski definition) is 4. The Morgan fingerprint density at radius 3 is 2.71 bits per heavy atom. The van der Waals surface area contributed by atoms with Gasteiger partial charge in [0, 0.05) is 6.54 Å². The molecule has 0 aliphatic heterocycles. The van der Waals surface area contributed by atoms with Crippen LogP contribution in [0.4, 0.5) is 0 Å². The lowest BCUT2D eigenvalue weighted by Gasteiger charge is -2.00. The molecular weight excluding hydrogens is 96.0 g/mol. The predicted molar refractivity (Wildman–Crippen MR) is 25.0 cm³/mol. The second kappa shape index (κ2) is 4.01. The van der Waals surface area contributed by atoms with Crippen LogP contribution in [0.25, 0.3) is 0 Å². The number of hydroxylamine groups is 1. The summed E-state index contributed by atoms with van der Waals surface area (Å²) >= 11 is 0. The van der Waals surface area contributed by atoms with Crippen molar-refractivity contribution in [3.63, 3.8) is 0 Å². The highest BCUT2D eigenvalue weighted by atomic mass is 16.8. The van der Waals surface area contributed by atoms with Gasteiger partial charge in [-0.3, -0.25) is 0 Å². The van der Waals surface area contributed by atoms with E-state index in [9.17, 15) is 0 Å². The van der Waals surface area contributed by atoms with Crippen LogP contribution in [0, 0.1) is 0 Å². The van der Waals surface area contributed by atoms with Crippen molar-refractivity contribution in [3.8, 4) is 0 Å². The zero-order valence-electron chi connectivity index (χ0n) is 4.22. The minimum atomic E-state index is -0.413. The van der Waals surface area contributed by atoms with E-state index in [1.54, 1.807) is 6.92 Å². The molecule has 1 unspecified atom stereocenters. The molecule has 0 aromatic carbocycles. The van der Waals surface area contributed by atoms with Gasteiger partial charge < -0.3 is 5.11 Å². The Morgan fingerprint density at radius 2 is 2.57 bits per heavy atom. The van der Waals surface area contributed by atoms with Crippen LogP contribution in [0.15, 0.2) is 0 Å². The molecule has 0 rings (SSSR count). The number of aliphatic hydroxyl groups is 1. The number of rotatable bonds is 3. The molecule has 0 aliphatic rings. The summed E-state index contributed by atoms with van der Waals surface area (Å²) in [7, 11) is 0. The van der Waals surface area contributed by atoms with Crippen LogP contribution in [-0.4, -0.2) is 17.8 Å². The Labute approximate surface area is 42.2 Å². The molecule has 0 fully saturated rings. The zero-order valence-corrected chi connectivity index (χ0v) is 4.22. The minimum absolute atomic E-state index is 0.358. The van der Waals surface area contributed by atoms with Crippen molar-refractivity contribution in [2.45, 2.75) is 13.0 Å². The Balaban J connectivity index is 2.68. The average Bonchev–Trinajstić information content (AvgIpc) is 1.61. The van der Waals surface area contributed by atoms with Crippen LogP contribution in [0.1, 0.15) is 6.92 Å². The molecule has 44 valence electrons. The van der Waals surface area contributed by atoms with Crippen molar-refractivity contribution in [1.82, 2.24) is 5.48 Å². The summed E-state index contributed by atoms with van der Waals surface area (Å²) in [5.41, 5.74) is 2.28. The Bertz CT molecular complexity index is 39.9.